The second-order valence-electron chi connectivity index (χ2n) is 8.11. The lowest BCUT2D eigenvalue weighted by Crippen LogP contribution is -2.60. The van der Waals surface area contributed by atoms with Gasteiger partial charge >= 0.3 is 0 Å². The maximum Gasteiger partial charge on any atom is 0.0702 e. The molecule has 2 saturated heterocycles. The van der Waals surface area contributed by atoms with E-state index < -0.39 is 0 Å². The predicted octanol–water partition coefficient (Wildman–Crippen LogP) is 4.09. The number of benzene rings is 1. The van der Waals surface area contributed by atoms with Crippen molar-refractivity contribution in [1.82, 2.24) is 4.90 Å². The Labute approximate surface area is 141 Å². The summed E-state index contributed by atoms with van der Waals surface area (Å²) in [5, 5.41) is 0. The summed E-state index contributed by atoms with van der Waals surface area (Å²) < 4.78 is 5.92. The normalized spacial score (nSPS) is 36.9. The van der Waals surface area contributed by atoms with Gasteiger partial charge in [0.05, 0.1) is 6.10 Å². The van der Waals surface area contributed by atoms with Crippen LogP contribution in [0.3, 0.4) is 0 Å². The molecule has 0 saturated carbocycles. The third-order valence-corrected chi connectivity index (χ3v) is 7.09. The van der Waals surface area contributed by atoms with Gasteiger partial charge in [0.15, 0.2) is 0 Å². The Bertz CT molecular complexity index is 577. The Balaban J connectivity index is 1.66. The topological polar surface area (TPSA) is 12.5 Å². The van der Waals surface area contributed by atoms with E-state index in [-0.39, 0.29) is 0 Å². The van der Waals surface area contributed by atoms with E-state index in [1.54, 1.807) is 11.1 Å². The van der Waals surface area contributed by atoms with Crippen LogP contribution >= 0.6 is 0 Å². The van der Waals surface area contributed by atoms with Crippen LogP contribution in [0.25, 0.3) is 0 Å². The Hall–Kier alpha value is -0.860. The first-order chi connectivity index (χ1) is 11.1. The second kappa shape index (κ2) is 5.89. The van der Waals surface area contributed by atoms with Crippen LogP contribution in [-0.2, 0) is 16.6 Å². The van der Waals surface area contributed by atoms with Crippen LogP contribution in [0.15, 0.2) is 18.2 Å². The monoisotopic (exact) mass is 313 g/mol. The summed E-state index contributed by atoms with van der Waals surface area (Å²) >= 11 is 0. The summed E-state index contributed by atoms with van der Waals surface area (Å²) in [4.78, 5) is 2.76. The lowest BCUT2D eigenvalue weighted by atomic mass is 9.56. The molecular weight excluding hydrogens is 282 g/mol. The zero-order chi connectivity index (χ0) is 16.0. The standard InChI is InChI=1S/C21H31NO/c1-4-21-9-10-22(14-18-6-5-11-23-18)20(16(21)3)13-17-8-7-15(2)12-19(17)21/h7-8,12,16,18,20H,4-6,9-11,13-14H2,1-3H3/t16-,18-,20+,21-/m0/s1. The van der Waals surface area contributed by atoms with E-state index in [9.17, 15) is 0 Å². The number of piperidine rings is 1. The maximum atomic E-state index is 5.92. The van der Waals surface area contributed by atoms with Crippen molar-refractivity contribution in [3.63, 3.8) is 0 Å². The molecule has 0 N–H and O–H groups in total. The van der Waals surface area contributed by atoms with E-state index in [4.69, 9.17) is 4.74 Å². The van der Waals surface area contributed by atoms with E-state index in [0.717, 1.165) is 19.1 Å². The molecule has 0 spiro atoms. The van der Waals surface area contributed by atoms with E-state index in [1.807, 2.05) is 0 Å². The molecule has 4 atom stereocenters. The molecule has 3 aliphatic rings. The maximum absolute atomic E-state index is 5.92. The minimum atomic E-state index is 0.400. The molecule has 2 fully saturated rings. The van der Waals surface area contributed by atoms with Gasteiger partial charge in [0, 0.05) is 24.6 Å². The number of fused-ring (bicyclic) bond motifs is 4. The van der Waals surface area contributed by atoms with Gasteiger partial charge in [-0.05, 0) is 62.6 Å². The molecule has 0 aromatic heterocycles. The smallest absolute Gasteiger partial charge is 0.0702 e. The first-order valence-corrected chi connectivity index (χ1v) is 9.59. The lowest BCUT2D eigenvalue weighted by molar-refractivity contribution is -0.0130. The lowest BCUT2D eigenvalue weighted by Gasteiger charge is -2.56. The molecule has 1 aromatic rings. The van der Waals surface area contributed by atoms with Gasteiger partial charge in [0.1, 0.15) is 0 Å². The molecule has 23 heavy (non-hydrogen) atoms. The van der Waals surface area contributed by atoms with Gasteiger partial charge in [0.25, 0.3) is 0 Å². The van der Waals surface area contributed by atoms with Crippen molar-refractivity contribution >= 4 is 0 Å². The van der Waals surface area contributed by atoms with Crippen LogP contribution in [0.2, 0.25) is 0 Å². The third kappa shape index (κ3) is 2.46. The zero-order valence-electron chi connectivity index (χ0n) is 15.0. The van der Waals surface area contributed by atoms with Crippen molar-refractivity contribution in [3.05, 3.63) is 34.9 Å². The van der Waals surface area contributed by atoms with E-state index in [2.05, 4.69) is 43.9 Å². The fourth-order valence-electron chi connectivity index (χ4n) is 5.63. The predicted molar refractivity (Wildman–Crippen MR) is 95.0 cm³/mol. The molecule has 126 valence electrons. The highest BCUT2D eigenvalue weighted by atomic mass is 16.5. The molecule has 2 heteroatoms. The number of hydrogen-bond donors (Lipinski definition) is 0. The molecule has 0 radical (unpaired) electrons. The number of aryl methyl sites for hydroxylation is 1. The first-order valence-electron chi connectivity index (χ1n) is 9.59. The van der Waals surface area contributed by atoms with Crippen molar-refractivity contribution in [2.75, 3.05) is 19.7 Å². The minimum absolute atomic E-state index is 0.400. The molecule has 2 nitrogen and oxygen atoms in total. The third-order valence-electron chi connectivity index (χ3n) is 7.09. The number of likely N-dealkylation sites (tertiary alicyclic amines) is 1. The summed E-state index contributed by atoms with van der Waals surface area (Å²) in [6, 6.07) is 7.89. The molecule has 1 aliphatic carbocycles. The van der Waals surface area contributed by atoms with Gasteiger partial charge < -0.3 is 4.74 Å². The Morgan fingerprint density at radius 2 is 2.22 bits per heavy atom. The number of nitrogens with zero attached hydrogens (tertiary/aromatic N) is 1. The number of hydrogen-bond acceptors (Lipinski definition) is 2. The second-order valence-corrected chi connectivity index (χ2v) is 8.11. The SMILES string of the molecule is CC[C@@]12CCN(C[C@@H]3CCCO3)[C@H](Cc3ccc(C)cc31)[C@@H]2C. The summed E-state index contributed by atoms with van der Waals surface area (Å²) in [5.41, 5.74) is 5.10. The highest BCUT2D eigenvalue weighted by Gasteiger charge is 2.50. The highest BCUT2D eigenvalue weighted by Crippen LogP contribution is 2.51. The fraction of sp³-hybridized carbons (Fsp3) is 0.714. The van der Waals surface area contributed by atoms with Crippen molar-refractivity contribution in [2.45, 2.75) is 70.4 Å². The summed E-state index contributed by atoms with van der Waals surface area (Å²) in [5.74, 6) is 0.747. The van der Waals surface area contributed by atoms with Crippen molar-refractivity contribution < 1.29 is 4.74 Å². The summed E-state index contributed by atoms with van der Waals surface area (Å²) in [7, 11) is 0. The largest absolute Gasteiger partial charge is 0.377 e. The van der Waals surface area contributed by atoms with Crippen LogP contribution < -0.4 is 0 Å². The fourth-order valence-corrected chi connectivity index (χ4v) is 5.63. The van der Waals surface area contributed by atoms with Crippen molar-refractivity contribution in [1.29, 1.82) is 0 Å². The average Bonchev–Trinajstić information content (AvgIpc) is 3.05. The van der Waals surface area contributed by atoms with Gasteiger partial charge in [-0.2, -0.15) is 0 Å². The van der Waals surface area contributed by atoms with E-state index in [0.29, 0.717) is 17.6 Å². The van der Waals surface area contributed by atoms with Gasteiger partial charge in [-0.15, -0.1) is 0 Å². The molecule has 2 aliphatic heterocycles. The zero-order valence-corrected chi connectivity index (χ0v) is 15.0. The van der Waals surface area contributed by atoms with E-state index >= 15 is 0 Å². The summed E-state index contributed by atoms with van der Waals surface area (Å²) in [6.07, 6.45) is 6.80. The molecule has 1 aromatic carbocycles. The first kappa shape index (κ1) is 15.7. The van der Waals surface area contributed by atoms with Gasteiger partial charge in [0.2, 0.25) is 0 Å². The Morgan fingerprint density at radius 3 is 2.96 bits per heavy atom. The quantitative estimate of drug-likeness (QED) is 0.833. The average molecular weight is 313 g/mol. The summed E-state index contributed by atoms with van der Waals surface area (Å²) in [6.45, 7) is 10.5. The van der Waals surface area contributed by atoms with Crippen LogP contribution in [0.4, 0.5) is 0 Å². The number of rotatable bonds is 3. The number of ether oxygens (including phenoxy) is 1. The van der Waals surface area contributed by atoms with E-state index in [1.165, 1.54) is 44.2 Å². The Kier molecular flexibility index (Phi) is 4.01. The Morgan fingerprint density at radius 1 is 1.35 bits per heavy atom. The highest BCUT2D eigenvalue weighted by molar-refractivity contribution is 5.42. The minimum Gasteiger partial charge on any atom is -0.377 e. The molecule has 2 bridgehead atoms. The molecule has 0 unspecified atom stereocenters. The van der Waals surface area contributed by atoms with Crippen LogP contribution in [0.1, 0.15) is 56.2 Å². The molecular formula is C21H31NO. The van der Waals surface area contributed by atoms with Crippen LogP contribution in [0, 0.1) is 12.8 Å². The van der Waals surface area contributed by atoms with Crippen LogP contribution in [-0.4, -0.2) is 36.7 Å². The molecule has 4 rings (SSSR count). The molecule has 0 amide bonds. The van der Waals surface area contributed by atoms with Gasteiger partial charge in [-0.1, -0.05) is 37.6 Å². The molecule has 2 heterocycles. The van der Waals surface area contributed by atoms with Crippen molar-refractivity contribution in [3.8, 4) is 0 Å². The van der Waals surface area contributed by atoms with Gasteiger partial charge in [-0.3, -0.25) is 4.90 Å². The van der Waals surface area contributed by atoms with Crippen molar-refractivity contribution in [2.24, 2.45) is 5.92 Å². The van der Waals surface area contributed by atoms with Gasteiger partial charge in [-0.25, -0.2) is 0 Å². The van der Waals surface area contributed by atoms with Crippen LogP contribution in [0.5, 0.6) is 0 Å².